The molecule has 2 aromatic carbocycles. The fourth-order valence-corrected chi connectivity index (χ4v) is 8.59. The molecule has 2 N–H and O–H groups in total. The summed E-state index contributed by atoms with van der Waals surface area (Å²) in [6.07, 6.45) is 5.68. The molecule has 2 unspecified atom stereocenters. The first kappa shape index (κ1) is 37.8. The second kappa shape index (κ2) is 15.9. The van der Waals surface area contributed by atoms with E-state index in [9.17, 15) is 28.4 Å². The Kier molecular flexibility index (Phi) is 10.2. The number of imide groups is 2. The topological polar surface area (TPSA) is 165 Å². The minimum absolute atomic E-state index is 0.0424. The second-order valence-corrected chi connectivity index (χ2v) is 15.4. The van der Waals surface area contributed by atoms with Crippen LogP contribution in [0.25, 0.3) is 17.0 Å². The van der Waals surface area contributed by atoms with Gasteiger partial charge in [0.05, 0.1) is 29.1 Å². The number of aromatic nitrogens is 4. The van der Waals surface area contributed by atoms with Crippen molar-refractivity contribution in [2.45, 2.75) is 57.0 Å². The summed E-state index contributed by atoms with van der Waals surface area (Å²) in [6, 6.07) is 20.6. The molecule has 0 saturated carbocycles. The van der Waals surface area contributed by atoms with E-state index in [0.29, 0.717) is 56.9 Å². The predicted octanol–water partition coefficient (Wildman–Crippen LogP) is 4.60. The van der Waals surface area contributed by atoms with Crippen LogP contribution in [0.1, 0.15) is 77.3 Å². The molecule has 59 heavy (non-hydrogen) atoms. The SMILES string of the molecule is O=C1CCC(N2C(=O)c3ccc(NCCCCC(=O)N4CCN(c5cccc(-c6cnc7ccc(N8CCCC8c8cccc(F)c8)nn67)n5)CC4)cc3C2=O)C(=O)N1. The number of carbonyl (C=O) groups is 5. The first-order valence-corrected chi connectivity index (χ1v) is 20.2. The van der Waals surface area contributed by atoms with E-state index < -0.39 is 29.7 Å². The van der Waals surface area contributed by atoms with Crippen molar-refractivity contribution in [2.75, 3.05) is 54.4 Å². The molecule has 5 amide bonds. The van der Waals surface area contributed by atoms with Crippen LogP contribution in [0.2, 0.25) is 0 Å². The summed E-state index contributed by atoms with van der Waals surface area (Å²) in [5.74, 6) is -0.666. The Morgan fingerprint density at radius 1 is 0.831 bits per heavy atom. The predicted molar refractivity (Wildman–Crippen MR) is 216 cm³/mol. The molecular weight excluding hydrogens is 756 g/mol. The molecule has 4 aliphatic heterocycles. The van der Waals surface area contributed by atoms with E-state index in [4.69, 9.17) is 10.1 Å². The van der Waals surface area contributed by atoms with E-state index in [2.05, 4.69) is 25.4 Å². The average Bonchev–Trinajstić information content (AvgIpc) is 3.97. The van der Waals surface area contributed by atoms with Crippen LogP contribution >= 0.6 is 0 Å². The fourth-order valence-electron chi connectivity index (χ4n) is 8.59. The van der Waals surface area contributed by atoms with Gasteiger partial charge in [-0.25, -0.2) is 18.9 Å². The van der Waals surface area contributed by atoms with Crippen LogP contribution in [-0.2, 0) is 14.4 Å². The molecule has 9 rings (SSSR count). The minimum atomic E-state index is -1.01. The van der Waals surface area contributed by atoms with Crippen molar-refractivity contribution in [3.05, 3.63) is 102 Å². The Bertz CT molecular complexity index is 2480. The maximum Gasteiger partial charge on any atom is 0.262 e. The van der Waals surface area contributed by atoms with E-state index in [1.54, 1.807) is 36.5 Å². The maximum absolute atomic E-state index is 14.1. The zero-order valence-electron chi connectivity index (χ0n) is 32.3. The number of imidazole rings is 1. The number of nitrogens with zero attached hydrogens (tertiary/aromatic N) is 8. The van der Waals surface area contributed by atoms with Gasteiger partial charge in [-0.05, 0) is 92.3 Å². The van der Waals surface area contributed by atoms with Crippen molar-refractivity contribution in [1.82, 2.24) is 34.7 Å². The number of hydrogen-bond donors (Lipinski definition) is 2. The number of piperazine rings is 1. The first-order chi connectivity index (χ1) is 28.7. The van der Waals surface area contributed by atoms with Crippen LogP contribution in [0.15, 0.2) is 79.0 Å². The van der Waals surface area contributed by atoms with Gasteiger partial charge in [0.2, 0.25) is 17.7 Å². The van der Waals surface area contributed by atoms with Gasteiger partial charge in [0.1, 0.15) is 29.2 Å². The summed E-state index contributed by atoms with van der Waals surface area (Å²) in [5, 5.41) is 10.5. The number of halogens is 1. The highest BCUT2D eigenvalue weighted by Crippen LogP contribution is 2.36. The lowest BCUT2D eigenvalue weighted by Crippen LogP contribution is -2.54. The quantitative estimate of drug-likeness (QED) is 0.142. The van der Waals surface area contributed by atoms with Crippen molar-refractivity contribution in [3.8, 4) is 11.4 Å². The number of anilines is 3. The summed E-state index contributed by atoms with van der Waals surface area (Å²) in [4.78, 5) is 80.1. The van der Waals surface area contributed by atoms with Gasteiger partial charge in [0.15, 0.2) is 5.65 Å². The second-order valence-electron chi connectivity index (χ2n) is 15.4. The molecule has 4 aliphatic rings. The lowest BCUT2D eigenvalue weighted by molar-refractivity contribution is -0.136. The van der Waals surface area contributed by atoms with Gasteiger partial charge >= 0.3 is 0 Å². The van der Waals surface area contributed by atoms with Crippen molar-refractivity contribution >= 4 is 52.5 Å². The number of nitrogens with one attached hydrogen (secondary N) is 2. The summed E-state index contributed by atoms with van der Waals surface area (Å²) in [6.45, 7) is 3.86. The zero-order chi connectivity index (χ0) is 40.6. The van der Waals surface area contributed by atoms with E-state index >= 15 is 0 Å². The molecule has 15 nitrogen and oxygen atoms in total. The molecular formula is C43H43FN10O5. The van der Waals surface area contributed by atoms with Crippen LogP contribution in [0, 0.1) is 5.82 Å². The largest absolute Gasteiger partial charge is 0.385 e. The van der Waals surface area contributed by atoms with Gasteiger partial charge < -0.3 is 20.0 Å². The molecule has 0 aliphatic carbocycles. The Hall–Kier alpha value is -6.71. The Morgan fingerprint density at radius 2 is 1.66 bits per heavy atom. The number of carbonyl (C=O) groups excluding carboxylic acids is 5. The number of hydrogen-bond acceptors (Lipinski definition) is 11. The number of piperidine rings is 1. The zero-order valence-corrected chi connectivity index (χ0v) is 32.3. The summed E-state index contributed by atoms with van der Waals surface area (Å²) in [7, 11) is 0. The Labute approximate surface area is 339 Å². The van der Waals surface area contributed by atoms with E-state index in [0.717, 1.165) is 59.3 Å². The van der Waals surface area contributed by atoms with Crippen molar-refractivity contribution in [3.63, 3.8) is 0 Å². The van der Waals surface area contributed by atoms with E-state index in [1.165, 1.54) is 6.07 Å². The molecule has 0 radical (unpaired) electrons. The number of rotatable bonds is 11. The smallest absolute Gasteiger partial charge is 0.262 e. The Balaban J connectivity index is 0.759. The standard InChI is InChI=1S/C43H43FN10O5/c44-28-7-3-6-27(24-28)33-9-5-19-52(33)38-16-15-36-46-26-35(54(36)49-38)32-8-4-10-37(47-32)50-20-22-51(23-21-50)40(56)11-1-2-18-45-29-12-13-30-31(25-29)43(59)53(42(30)58)34-14-17-39(55)48-41(34)57/h3-4,6-8,10,12-13,15-16,24-26,33-34,45H,1-2,5,9,11,14,17-23H2,(H,48,55,57). The maximum atomic E-state index is 14.1. The lowest BCUT2D eigenvalue weighted by Gasteiger charge is -2.35. The van der Waals surface area contributed by atoms with Crippen LogP contribution in [0.4, 0.5) is 21.7 Å². The molecule has 0 bridgehead atoms. The number of unbranched alkanes of at least 4 members (excludes halogenated alkanes) is 1. The van der Waals surface area contributed by atoms with Crippen LogP contribution in [-0.4, -0.2) is 104 Å². The highest BCUT2D eigenvalue weighted by Gasteiger charge is 2.44. The molecule has 16 heteroatoms. The average molecular weight is 799 g/mol. The van der Waals surface area contributed by atoms with Crippen LogP contribution in [0.5, 0.6) is 0 Å². The Morgan fingerprint density at radius 3 is 2.49 bits per heavy atom. The summed E-state index contributed by atoms with van der Waals surface area (Å²) >= 11 is 0. The van der Waals surface area contributed by atoms with Crippen molar-refractivity contribution in [2.24, 2.45) is 0 Å². The van der Waals surface area contributed by atoms with Gasteiger partial charge in [-0.1, -0.05) is 18.2 Å². The highest BCUT2D eigenvalue weighted by atomic mass is 19.1. The molecule has 302 valence electrons. The van der Waals surface area contributed by atoms with Gasteiger partial charge in [0, 0.05) is 57.8 Å². The number of fused-ring (bicyclic) bond motifs is 2. The normalized spacial score (nSPS) is 19.5. The van der Waals surface area contributed by atoms with Crippen LogP contribution in [0.3, 0.4) is 0 Å². The molecule has 5 aromatic rings. The van der Waals surface area contributed by atoms with Crippen LogP contribution < -0.4 is 20.4 Å². The molecule has 3 fully saturated rings. The van der Waals surface area contributed by atoms with Crippen molar-refractivity contribution < 1.29 is 28.4 Å². The third-order valence-electron chi connectivity index (χ3n) is 11.7. The highest BCUT2D eigenvalue weighted by molar-refractivity contribution is 6.23. The fraction of sp³-hybridized carbons (Fsp3) is 0.349. The van der Waals surface area contributed by atoms with E-state index in [-0.39, 0.29) is 41.7 Å². The molecule has 0 spiro atoms. The summed E-state index contributed by atoms with van der Waals surface area (Å²) < 4.78 is 15.9. The number of benzene rings is 2. The third kappa shape index (κ3) is 7.45. The molecule has 3 saturated heterocycles. The lowest BCUT2D eigenvalue weighted by atomic mass is 10.0. The number of amides is 5. The van der Waals surface area contributed by atoms with Gasteiger partial charge in [-0.15, -0.1) is 5.10 Å². The monoisotopic (exact) mass is 798 g/mol. The van der Waals surface area contributed by atoms with E-state index in [1.807, 2.05) is 45.8 Å². The first-order valence-electron chi connectivity index (χ1n) is 20.2. The van der Waals surface area contributed by atoms with Gasteiger partial charge in [-0.2, -0.15) is 0 Å². The van der Waals surface area contributed by atoms with Gasteiger partial charge in [0.25, 0.3) is 11.8 Å². The third-order valence-corrected chi connectivity index (χ3v) is 11.7. The molecule has 2 atom stereocenters. The number of pyridine rings is 1. The molecule has 7 heterocycles. The minimum Gasteiger partial charge on any atom is -0.385 e. The summed E-state index contributed by atoms with van der Waals surface area (Å²) in [5.41, 5.74) is 4.27. The van der Waals surface area contributed by atoms with Gasteiger partial charge in [-0.3, -0.25) is 34.2 Å². The molecule has 3 aromatic heterocycles. The van der Waals surface area contributed by atoms with Crippen molar-refractivity contribution in [1.29, 1.82) is 0 Å².